The van der Waals surface area contributed by atoms with Crippen molar-refractivity contribution >= 4 is 7.82 Å². The Balaban J connectivity index is 1.85. The molecular formula is C22H25O4P. The Kier molecular flexibility index (Phi) is 6.20. The number of allylic oxidation sites excluding steroid dienone is 2. The summed E-state index contributed by atoms with van der Waals surface area (Å²) < 4.78 is 30.9. The molecule has 0 radical (unpaired) electrons. The van der Waals surface area contributed by atoms with Crippen LogP contribution in [0.2, 0.25) is 0 Å². The second kappa shape index (κ2) is 8.60. The summed E-state index contributed by atoms with van der Waals surface area (Å²) in [5.74, 6) is 1.16. The second-order valence-electron chi connectivity index (χ2n) is 6.81. The molecular weight excluding hydrogens is 359 g/mol. The van der Waals surface area contributed by atoms with Gasteiger partial charge in [0.15, 0.2) is 0 Å². The molecule has 2 aromatic rings. The highest BCUT2D eigenvalue weighted by Crippen LogP contribution is 2.52. The minimum atomic E-state index is -3.90. The monoisotopic (exact) mass is 384 g/mol. The van der Waals surface area contributed by atoms with Crippen LogP contribution in [0, 0.1) is 5.92 Å². The van der Waals surface area contributed by atoms with Crippen LogP contribution in [0.5, 0.6) is 11.5 Å². The van der Waals surface area contributed by atoms with Crippen LogP contribution < -0.4 is 9.05 Å². The van der Waals surface area contributed by atoms with Gasteiger partial charge >= 0.3 is 7.82 Å². The summed E-state index contributed by atoms with van der Waals surface area (Å²) in [6, 6.07) is 17.9. The number of rotatable bonds is 7. The zero-order valence-electron chi connectivity index (χ0n) is 15.7. The van der Waals surface area contributed by atoms with Gasteiger partial charge in [-0.25, -0.2) is 4.57 Å². The van der Waals surface area contributed by atoms with Crippen LogP contribution in [-0.4, -0.2) is 6.10 Å². The molecule has 0 bridgehead atoms. The lowest BCUT2D eigenvalue weighted by Gasteiger charge is -2.30. The maximum Gasteiger partial charge on any atom is 0.588 e. The second-order valence-corrected chi connectivity index (χ2v) is 8.28. The first-order valence-electron chi connectivity index (χ1n) is 9.05. The molecule has 4 nitrogen and oxygen atoms in total. The minimum absolute atomic E-state index is 0.292. The van der Waals surface area contributed by atoms with Gasteiger partial charge in [-0.2, -0.15) is 0 Å². The topological polar surface area (TPSA) is 44.8 Å². The van der Waals surface area contributed by atoms with Crippen molar-refractivity contribution in [1.29, 1.82) is 0 Å². The number of hydrogen-bond donors (Lipinski definition) is 0. The van der Waals surface area contributed by atoms with Crippen molar-refractivity contribution in [2.75, 3.05) is 0 Å². The van der Waals surface area contributed by atoms with Crippen molar-refractivity contribution < 1.29 is 18.1 Å². The SMILES string of the molecule is C=C(C)[C@H]1CC=C(C)[C@H](OP(=O)(Oc2ccccc2)Oc2ccccc2)C1. The van der Waals surface area contributed by atoms with E-state index in [0.717, 1.165) is 17.6 Å². The molecule has 0 saturated carbocycles. The molecule has 2 aromatic carbocycles. The molecule has 0 unspecified atom stereocenters. The van der Waals surface area contributed by atoms with Gasteiger partial charge in [0.1, 0.15) is 11.5 Å². The van der Waals surface area contributed by atoms with Gasteiger partial charge in [-0.05, 0) is 62.4 Å². The number of phosphoric acid groups is 1. The lowest BCUT2D eigenvalue weighted by atomic mass is 9.84. The third-order valence-electron chi connectivity index (χ3n) is 4.60. The van der Waals surface area contributed by atoms with Crippen molar-refractivity contribution in [3.05, 3.63) is 84.5 Å². The average molecular weight is 384 g/mol. The normalized spacial score (nSPS) is 19.9. The van der Waals surface area contributed by atoms with Gasteiger partial charge in [0.2, 0.25) is 0 Å². The Labute approximate surface area is 161 Å². The van der Waals surface area contributed by atoms with Gasteiger partial charge < -0.3 is 9.05 Å². The van der Waals surface area contributed by atoms with Crippen LogP contribution in [-0.2, 0) is 9.09 Å². The van der Waals surface area contributed by atoms with E-state index in [1.54, 1.807) is 24.3 Å². The van der Waals surface area contributed by atoms with Gasteiger partial charge in [-0.15, -0.1) is 0 Å². The zero-order valence-corrected chi connectivity index (χ0v) is 16.6. The van der Waals surface area contributed by atoms with E-state index in [1.165, 1.54) is 0 Å². The fraction of sp³-hybridized carbons (Fsp3) is 0.273. The molecule has 0 spiro atoms. The Morgan fingerprint density at radius 1 is 1.00 bits per heavy atom. The molecule has 0 aliphatic heterocycles. The predicted octanol–water partition coefficient (Wildman–Crippen LogP) is 6.57. The summed E-state index contributed by atoms with van der Waals surface area (Å²) in [5.41, 5.74) is 2.12. The highest BCUT2D eigenvalue weighted by Gasteiger charge is 2.37. The van der Waals surface area contributed by atoms with Crippen LogP contribution in [0.4, 0.5) is 0 Å². The zero-order chi connectivity index (χ0) is 19.3. The van der Waals surface area contributed by atoms with E-state index >= 15 is 0 Å². The van der Waals surface area contributed by atoms with E-state index in [0.29, 0.717) is 23.8 Å². The van der Waals surface area contributed by atoms with Crippen LogP contribution in [0.3, 0.4) is 0 Å². The largest absolute Gasteiger partial charge is 0.588 e. The molecule has 27 heavy (non-hydrogen) atoms. The summed E-state index contributed by atoms with van der Waals surface area (Å²) in [5, 5.41) is 0. The van der Waals surface area contributed by atoms with Crippen molar-refractivity contribution in [2.45, 2.75) is 32.8 Å². The molecule has 0 aromatic heterocycles. The Morgan fingerprint density at radius 3 is 2.00 bits per heavy atom. The number of hydrogen-bond acceptors (Lipinski definition) is 4. The van der Waals surface area contributed by atoms with E-state index in [-0.39, 0.29) is 6.10 Å². The molecule has 5 heteroatoms. The molecule has 142 valence electrons. The van der Waals surface area contributed by atoms with E-state index in [9.17, 15) is 4.57 Å². The standard InChI is InChI=1S/C22H25O4P/c1-17(2)19-15-14-18(3)22(16-19)26-27(23,24-20-10-6-4-7-11-20)25-21-12-8-5-9-13-21/h4-14,19,22H,1,15-16H2,2-3H3/t19-,22+/m0/s1. The van der Waals surface area contributed by atoms with Crippen molar-refractivity contribution in [1.82, 2.24) is 0 Å². The maximum atomic E-state index is 13.5. The molecule has 1 aliphatic carbocycles. The van der Waals surface area contributed by atoms with Crippen molar-refractivity contribution in [3.8, 4) is 11.5 Å². The minimum Gasteiger partial charge on any atom is -0.395 e. The highest BCUT2D eigenvalue weighted by atomic mass is 31.2. The Hall–Kier alpha value is -2.29. The Morgan fingerprint density at radius 2 is 1.52 bits per heavy atom. The lowest BCUT2D eigenvalue weighted by molar-refractivity contribution is 0.143. The van der Waals surface area contributed by atoms with Gasteiger partial charge in [0.05, 0.1) is 6.10 Å². The summed E-state index contributed by atoms with van der Waals surface area (Å²) in [6.07, 6.45) is 3.39. The van der Waals surface area contributed by atoms with Gasteiger partial charge in [-0.3, -0.25) is 4.52 Å². The van der Waals surface area contributed by atoms with Gasteiger partial charge in [0, 0.05) is 0 Å². The molecule has 0 fully saturated rings. The van der Waals surface area contributed by atoms with Crippen LogP contribution in [0.1, 0.15) is 26.7 Å². The quantitative estimate of drug-likeness (QED) is 0.400. The number of benzene rings is 2. The third-order valence-corrected chi connectivity index (χ3v) is 5.99. The first-order valence-corrected chi connectivity index (χ1v) is 10.5. The molecule has 2 atom stereocenters. The average Bonchev–Trinajstić information content (AvgIpc) is 2.65. The molecule has 0 N–H and O–H groups in total. The predicted molar refractivity (Wildman–Crippen MR) is 108 cm³/mol. The van der Waals surface area contributed by atoms with Gasteiger partial charge in [0.25, 0.3) is 0 Å². The molecule has 0 amide bonds. The summed E-state index contributed by atoms with van der Waals surface area (Å²) in [4.78, 5) is 0. The smallest absolute Gasteiger partial charge is 0.395 e. The van der Waals surface area contributed by atoms with Crippen molar-refractivity contribution in [3.63, 3.8) is 0 Å². The summed E-state index contributed by atoms with van der Waals surface area (Å²) >= 11 is 0. The van der Waals surface area contributed by atoms with Crippen LogP contribution in [0.25, 0.3) is 0 Å². The van der Waals surface area contributed by atoms with E-state index in [4.69, 9.17) is 13.6 Å². The van der Waals surface area contributed by atoms with Gasteiger partial charge in [-0.1, -0.05) is 54.6 Å². The lowest BCUT2D eigenvalue weighted by Crippen LogP contribution is -2.24. The van der Waals surface area contributed by atoms with E-state index < -0.39 is 7.82 Å². The molecule has 1 aliphatic rings. The fourth-order valence-corrected chi connectivity index (χ4v) is 4.41. The molecule has 3 rings (SSSR count). The first kappa shape index (κ1) is 19.5. The Bertz CT molecular complexity index is 800. The van der Waals surface area contributed by atoms with E-state index in [2.05, 4.69) is 12.7 Å². The molecule has 0 heterocycles. The third kappa shape index (κ3) is 5.35. The summed E-state index contributed by atoms with van der Waals surface area (Å²) in [6.45, 7) is 8.05. The summed E-state index contributed by atoms with van der Waals surface area (Å²) in [7, 11) is -3.90. The van der Waals surface area contributed by atoms with E-state index in [1.807, 2.05) is 50.2 Å². The number of para-hydroxylation sites is 2. The number of phosphoric ester groups is 1. The van der Waals surface area contributed by atoms with Crippen LogP contribution in [0.15, 0.2) is 84.5 Å². The van der Waals surface area contributed by atoms with Crippen LogP contribution >= 0.6 is 7.82 Å². The fourth-order valence-electron chi connectivity index (χ4n) is 2.97. The van der Waals surface area contributed by atoms with Crippen molar-refractivity contribution in [2.24, 2.45) is 5.92 Å². The highest BCUT2D eigenvalue weighted by molar-refractivity contribution is 7.49. The first-order chi connectivity index (χ1) is 13.0. The molecule has 0 saturated heterocycles. The maximum absolute atomic E-state index is 13.5.